The number of nitrogens with zero attached hydrogens (tertiary/aromatic N) is 1. The number of aliphatic carboxylic acids is 1. The summed E-state index contributed by atoms with van der Waals surface area (Å²) in [5.41, 5.74) is 0.343. The first-order valence-electron chi connectivity index (χ1n) is 5.63. The Morgan fingerprint density at radius 3 is 2.67 bits per heavy atom. The van der Waals surface area contributed by atoms with Crippen LogP contribution in [0.15, 0.2) is 0 Å². The van der Waals surface area contributed by atoms with Gasteiger partial charge in [-0.05, 0) is 24.9 Å². The fourth-order valence-corrected chi connectivity index (χ4v) is 2.11. The molecule has 0 aliphatic carbocycles. The van der Waals surface area contributed by atoms with Crippen LogP contribution in [0.1, 0.15) is 27.2 Å². The number of carboxylic acids is 1. The van der Waals surface area contributed by atoms with E-state index in [9.17, 15) is 4.79 Å². The van der Waals surface area contributed by atoms with Crippen LogP contribution in [0.3, 0.4) is 0 Å². The van der Waals surface area contributed by atoms with E-state index in [-0.39, 0.29) is 0 Å². The molecule has 1 aliphatic rings. The summed E-state index contributed by atoms with van der Waals surface area (Å²) in [6, 6.07) is -0.427. The van der Waals surface area contributed by atoms with E-state index in [0.717, 1.165) is 19.5 Å². The molecule has 88 valence electrons. The zero-order valence-electron chi connectivity index (χ0n) is 9.92. The van der Waals surface area contributed by atoms with E-state index < -0.39 is 12.0 Å². The maximum Gasteiger partial charge on any atom is 0.322 e. The van der Waals surface area contributed by atoms with E-state index in [1.807, 2.05) is 6.92 Å². The largest absolute Gasteiger partial charge is 0.480 e. The molecule has 1 aliphatic heterocycles. The lowest BCUT2D eigenvalue weighted by atomic mass is 9.93. The lowest BCUT2D eigenvalue weighted by molar-refractivity contribution is -0.139. The summed E-state index contributed by atoms with van der Waals surface area (Å²) in [6.07, 6.45) is 1.16. The molecule has 15 heavy (non-hydrogen) atoms. The second-order valence-electron chi connectivity index (χ2n) is 5.10. The van der Waals surface area contributed by atoms with Crippen molar-refractivity contribution in [3.05, 3.63) is 0 Å². The third-order valence-corrected chi connectivity index (χ3v) is 2.95. The van der Waals surface area contributed by atoms with Crippen molar-refractivity contribution in [2.24, 2.45) is 5.41 Å². The maximum absolute atomic E-state index is 10.9. The third kappa shape index (κ3) is 3.80. The lowest BCUT2D eigenvalue weighted by Crippen LogP contribution is -2.45. The van der Waals surface area contributed by atoms with Gasteiger partial charge in [0.1, 0.15) is 6.04 Å². The number of hydrogen-bond donors (Lipinski definition) is 2. The number of carboxylic acid groups (broad SMARTS) is 1. The summed E-state index contributed by atoms with van der Waals surface area (Å²) in [6.45, 7) is 9.74. The zero-order valence-corrected chi connectivity index (χ0v) is 9.92. The topological polar surface area (TPSA) is 52.6 Å². The van der Waals surface area contributed by atoms with Crippen LogP contribution in [0.5, 0.6) is 0 Å². The van der Waals surface area contributed by atoms with Gasteiger partial charge in [-0.2, -0.15) is 0 Å². The van der Waals surface area contributed by atoms with E-state index in [0.29, 0.717) is 18.5 Å². The second kappa shape index (κ2) is 4.94. The van der Waals surface area contributed by atoms with Gasteiger partial charge in [-0.3, -0.25) is 4.79 Å². The molecule has 0 aromatic heterocycles. The van der Waals surface area contributed by atoms with E-state index >= 15 is 0 Å². The number of hydrogen-bond acceptors (Lipinski definition) is 3. The van der Waals surface area contributed by atoms with Gasteiger partial charge in [-0.1, -0.05) is 20.8 Å². The summed E-state index contributed by atoms with van der Waals surface area (Å²) in [7, 11) is 0. The van der Waals surface area contributed by atoms with E-state index in [1.54, 1.807) is 0 Å². The van der Waals surface area contributed by atoms with Gasteiger partial charge in [0.05, 0.1) is 0 Å². The van der Waals surface area contributed by atoms with Crippen molar-refractivity contribution in [3.63, 3.8) is 0 Å². The van der Waals surface area contributed by atoms with Crippen molar-refractivity contribution in [3.8, 4) is 0 Å². The molecule has 0 aromatic rings. The molecule has 1 unspecified atom stereocenters. The Kier molecular flexibility index (Phi) is 4.11. The van der Waals surface area contributed by atoms with Crippen LogP contribution >= 0.6 is 0 Å². The smallest absolute Gasteiger partial charge is 0.322 e. The standard InChI is InChI=1S/C11H22N2O2/c1-4-12-9(10(14)15)7-13-6-5-11(2,3)8-13/h9,12H,4-8H2,1-3H3,(H,14,15). The van der Waals surface area contributed by atoms with Gasteiger partial charge in [-0.15, -0.1) is 0 Å². The van der Waals surface area contributed by atoms with Gasteiger partial charge in [0.2, 0.25) is 0 Å². The molecule has 2 N–H and O–H groups in total. The Labute approximate surface area is 91.6 Å². The highest BCUT2D eigenvalue weighted by atomic mass is 16.4. The van der Waals surface area contributed by atoms with Crippen molar-refractivity contribution < 1.29 is 9.90 Å². The molecule has 1 atom stereocenters. The predicted molar refractivity (Wildman–Crippen MR) is 59.9 cm³/mol. The molecule has 0 bridgehead atoms. The highest BCUT2D eigenvalue weighted by Crippen LogP contribution is 2.28. The molecule has 0 radical (unpaired) electrons. The minimum atomic E-state index is -0.749. The maximum atomic E-state index is 10.9. The number of rotatable bonds is 5. The summed E-state index contributed by atoms with van der Waals surface area (Å²) < 4.78 is 0. The normalized spacial score (nSPS) is 22.9. The monoisotopic (exact) mass is 214 g/mol. The van der Waals surface area contributed by atoms with Gasteiger partial charge in [0, 0.05) is 13.1 Å². The van der Waals surface area contributed by atoms with Gasteiger partial charge < -0.3 is 15.3 Å². The number of carbonyl (C=O) groups is 1. The molecule has 0 spiro atoms. The first-order valence-corrected chi connectivity index (χ1v) is 5.63. The van der Waals surface area contributed by atoms with Crippen LogP contribution in [0, 0.1) is 5.41 Å². The molecule has 0 aromatic carbocycles. The van der Waals surface area contributed by atoms with Crippen LogP contribution in [-0.2, 0) is 4.79 Å². The molecule has 1 heterocycles. The first-order chi connectivity index (χ1) is 6.94. The predicted octanol–water partition coefficient (Wildman–Crippen LogP) is 0.781. The van der Waals surface area contributed by atoms with Crippen molar-refractivity contribution in [2.75, 3.05) is 26.2 Å². The van der Waals surface area contributed by atoms with E-state index in [1.165, 1.54) is 0 Å². The Morgan fingerprint density at radius 2 is 2.27 bits per heavy atom. The van der Waals surface area contributed by atoms with Crippen LogP contribution in [-0.4, -0.2) is 48.2 Å². The fraction of sp³-hybridized carbons (Fsp3) is 0.909. The lowest BCUT2D eigenvalue weighted by Gasteiger charge is -2.23. The molecule has 0 amide bonds. The molecule has 0 saturated carbocycles. The van der Waals surface area contributed by atoms with Crippen molar-refractivity contribution >= 4 is 5.97 Å². The summed E-state index contributed by atoms with van der Waals surface area (Å²) >= 11 is 0. The minimum absolute atomic E-state index is 0.343. The summed E-state index contributed by atoms with van der Waals surface area (Å²) in [5.74, 6) is -0.749. The number of nitrogens with one attached hydrogen (secondary N) is 1. The van der Waals surface area contributed by atoms with Crippen molar-refractivity contribution in [2.45, 2.75) is 33.2 Å². The Bertz CT molecular complexity index is 229. The minimum Gasteiger partial charge on any atom is -0.480 e. The van der Waals surface area contributed by atoms with E-state index in [4.69, 9.17) is 5.11 Å². The molecule has 4 nitrogen and oxygen atoms in total. The quantitative estimate of drug-likeness (QED) is 0.710. The molecular formula is C11H22N2O2. The molecule has 1 fully saturated rings. The zero-order chi connectivity index (χ0) is 11.5. The van der Waals surface area contributed by atoms with Crippen LogP contribution in [0.25, 0.3) is 0 Å². The SMILES string of the molecule is CCNC(CN1CCC(C)(C)C1)C(=O)O. The number of likely N-dealkylation sites (tertiary alicyclic amines) is 1. The second-order valence-corrected chi connectivity index (χ2v) is 5.10. The molecular weight excluding hydrogens is 192 g/mol. The fourth-order valence-electron chi connectivity index (χ4n) is 2.11. The van der Waals surface area contributed by atoms with Gasteiger partial charge in [0.25, 0.3) is 0 Å². The van der Waals surface area contributed by atoms with Crippen LogP contribution in [0.4, 0.5) is 0 Å². The highest BCUT2D eigenvalue weighted by Gasteiger charge is 2.31. The van der Waals surface area contributed by atoms with Gasteiger partial charge >= 0.3 is 5.97 Å². The average molecular weight is 214 g/mol. The molecule has 4 heteroatoms. The summed E-state index contributed by atoms with van der Waals surface area (Å²) in [4.78, 5) is 13.2. The van der Waals surface area contributed by atoms with Gasteiger partial charge in [0.15, 0.2) is 0 Å². The van der Waals surface area contributed by atoms with E-state index in [2.05, 4.69) is 24.1 Å². The first kappa shape index (κ1) is 12.5. The third-order valence-electron chi connectivity index (χ3n) is 2.95. The Morgan fingerprint density at radius 1 is 1.60 bits per heavy atom. The van der Waals surface area contributed by atoms with Gasteiger partial charge in [-0.25, -0.2) is 0 Å². The molecule has 1 rings (SSSR count). The van der Waals surface area contributed by atoms with Crippen LogP contribution < -0.4 is 5.32 Å². The Hall–Kier alpha value is -0.610. The molecule has 1 saturated heterocycles. The van der Waals surface area contributed by atoms with Crippen molar-refractivity contribution in [1.82, 2.24) is 10.2 Å². The average Bonchev–Trinajstić information content (AvgIpc) is 2.44. The Balaban J connectivity index is 2.42. The highest BCUT2D eigenvalue weighted by molar-refractivity contribution is 5.73. The number of likely N-dealkylation sites (N-methyl/N-ethyl adjacent to an activating group) is 1. The van der Waals surface area contributed by atoms with Crippen LogP contribution in [0.2, 0.25) is 0 Å². The van der Waals surface area contributed by atoms with Crippen molar-refractivity contribution in [1.29, 1.82) is 0 Å². The summed E-state index contributed by atoms with van der Waals surface area (Å²) in [5, 5.41) is 12.0.